The van der Waals surface area contributed by atoms with Gasteiger partial charge in [-0.05, 0) is 31.4 Å². The van der Waals surface area contributed by atoms with Gasteiger partial charge in [-0.1, -0.05) is 24.1 Å². The molecule has 1 aliphatic heterocycles. The number of fused-ring (bicyclic) bond motifs is 2. The van der Waals surface area contributed by atoms with Gasteiger partial charge in [-0.3, -0.25) is 4.79 Å². The third-order valence-corrected chi connectivity index (χ3v) is 6.83. The van der Waals surface area contributed by atoms with Crippen molar-refractivity contribution in [2.24, 2.45) is 0 Å². The number of rotatable bonds is 5. The van der Waals surface area contributed by atoms with Crippen molar-refractivity contribution in [1.29, 1.82) is 0 Å². The van der Waals surface area contributed by atoms with Gasteiger partial charge in [-0.15, -0.1) is 0 Å². The third-order valence-electron chi connectivity index (χ3n) is 6.53. The average molecular weight is 523 g/mol. The number of nitrogens with two attached hydrogens (primary N) is 1. The molecule has 3 aromatic heterocycles. The van der Waals surface area contributed by atoms with Crippen LogP contribution in [0.5, 0.6) is 0 Å². The van der Waals surface area contributed by atoms with Gasteiger partial charge in [0.15, 0.2) is 11.5 Å². The minimum atomic E-state index is -0.605. The van der Waals surface area contributed by atoms with Gasteiger partial charge in [0.05, 0.1) is 46.5 Å². The Morgan fingerprint density at radius 1 is 1.38 bits per heavy atom. The second kappa shape index (κ2) is 9.80. The van der Waals surface area contributed by atoms with Crippen molar-refractivity contribution in [3.05, 3.63) is 53.5 Å². The molecule has 12 heteroatoms. The molecule has 37 heavy (non-hydrogen) atoms. The maximum atomic E-state index is 15.3. The fourth-order valence-electron chi connectivity index (χ4n) is 4.76. The molecule has 10 nitrogen and oxygen atoms in total. The van der Waals surface area contributed by atoms with Crippen LogP contribution in [0, 0.1) is 17.7 Å². The summed E-state index contributed by atoms with van der Waals surface area (Å²) in [6.07, 6.45) is 4.77. The van der Waals surface area contributed by atoms with E-state index >= 15 is 4.39 Å². The first-order valence-electron chi connectivity index (χ1n) is 11.6. The highest BCUT2D eigenvalue weighted by molar-refractivity contribution is 6.32. The Bertz CT molecular complexity index is 1600. The van der Waals surface area contributed by atoms with Crippen molar-refractivity contribution in [2.45, 2.75) is 32.0 Å². The largest absolute Gasteiger partial charge is 0.383 e. The summed E-state index contributed by atoms with van der Waals surface area (Å²) >= 11 is 6.41. The Morgan fingerprint density at radius 2 is 2.19 bits per heavy atom. The maximum Gasteiger partial charge on any atom is 0.246 e. The molecule has 0 aliphatic carbocycles. The molecular formula is C25H24ClFN8O2. The van der Waals surface area contributed by atoms with Crippen molar-refractivity contribution < 1.29 is 13.9 Å². The number of aromatic nitrogens is 6. The van der Waals surface area contributed by atoms with E-state index in [0.29, 0.717) is 42.7 Å². The van der Waals surface area contributed by atoms with Crippen molar-refractivity contribution in [1.82, 2.24) is 34.2 Å². The maximum absolute atomic E-state index is 15.3. The van der Waals surface area contributed by atoms with E-state index in [9.17, 15) is 4.79 Å². The van der Waals surface area contributed by atoms with Crippen molar-refractivity contribution in [3.63, 3.8) is 0 Å². The molecule has 5 rings (SSSR count). The smallest absolute Gasteiger partial charge is 0.246 e. The number of ether oxygens (including phenoxy) is 1. The van der Waals surface area contributed by atoms with Gasteiger partial charge in [0.25, 0.3) is 0 Å². The first-order valence-corrected chi connectivity index (χ1v) is 12.0. The van der Waals surface area contributed by atoms with Gasteiger partial charge < -0.3 is 19.9 Å². The molecule has 0 bridgehead atoms. The first-order chi connectivity index (χ1) is 17.9. The molecule has 1 aliphatic rings. The lowest BCUT2D eigenvalue weighted by Gasteiger charge is -2.22. The summed E-state index contributed by atoms with van der Waals surface area (Å²) in [5.74, 6) is 5.12. The summed E-state index contributed by atoms with van der Waals surface area (Å²) in [4.78, 5) is 26.8. The molecule has 1 aromatic carbocycles. The number of amides is 1. The van der Waals surface area contributed by atoms with Gasteiger partial charge >= 0.3 is 0 Å². The van der Waals surface area contributed by atoms with E-state index in [1.807, 2.05) is 6.92 Å². The lowest BCUT2D eigenvalue weighted by molar-refractivity contribution is -0.127. The van der Waals surface area contributed by atoms with Crippen LogP contribution >= 0.6 is 11.6 Å². The zero-order chi connectivity index (χ0) is 26.3. The highest BCUT2D eigenvalue weighted by Gasteiger charge is 2.37. The topological polar surface area (TPSA) is 117 Å². The summed E-state index contributed by atoms with van der Waals surface area (Å²) in [5, 5.41) is 5.28. The number of anilines is 1. The Morgan fingerprint density at radius 3 is 2.92 bits per heavy atom. The number of carbonyl (C=O) groups excluding carboxylic acids is 1. The molecule has 2 atom stereocenters. The van der Waals surface area contributed by atoms with Crippen LogP contribution in [0.2, 0.25) is 5.02 Å². The van der Waals surface area contributed by atoms with E-state index in [1.54, 1.807) is 33.7 Å². The highest BCUT2D eigenvalue weighted by Crippen LogP contribution is 2.32. The summed E-state index contributed by atoms with van der Waals surface area (Å²) in [5.41, 5.74) is 7.72. The van der Waals surface area contributed by atoms with E-state index in [2.05, 4.69) is 38.5 Å². The third kappa shape index (κ3) is 4.18. The van der Waals surface area contributed by atoms with Crippen LogP contribution in [0.4, 0.5) is 10.2 Å². The number of halogens is 2. The summed E-state index contributed by atoms with van der Waals surface area (Å²) < 4.78 is 24.1. The Balaban J connectivity index is 1.59. The zero-order valence-electron chi connectivity index (χ0n) is 20.3. The Kier molecular flexibility index (Phi) is 6.54. The van der Waals surface area contributed by atoms with E-state index in [-0.39, 0.29) is 45.6 Å². The normalized spacial score (nSPS) is 17.4. The van der Waals surface area contributed by atoms with Crippen LogP contribution < -0.4 is 5.73 Å². The van der Waals surface area contributed by atoms with E-state index in [4.69, 9.17) is 22.1 Å². The number of likely N-dealkylation sites (tertiary alicyclic amines) is 1. The molecule has 4 aromatic rings. The number of benzene rings is 1. The lowest BCUT2D eigenvalue weighted by Crippen LogP contribution is -2.37. The van der Waals surface area contributed by atoms with Crippen molar-refractivity contribution in [2.75, 3.05) is 26.0 Å². The molecule has 190 valence electrons. The number of aryl methyl sites for hydroxylation is 1. The van der Waals surface area contributed by atoms with Crippen LogP contribution in [-0.2, 0) is 16.1 Å². The molecular weight excluding hydrogens is 499 g/mol. The summed E-state index contributed by atoms with van der Waals surface area (Å²) in [6.45, 7) is 6.91. The van der Waals surface area contributed by atoms with Gasteiger partial charge in [-0.25, -0.2) is 24.0 Å². The number of hydrogen-bond donors (Lipinski definition) is 1. The first kappa shape index (κ1) is 24.7. The monoisotopic (exact) mass is 522 g/mol. The minimum absolute atomic E-state index is 0.0115. The molecule has 1 unspecified atom stereocenters. The van der Waals surface area contributed by atoms with Crippen LogP contribution in [0.15, 0.2) is 31.4 Å². The van der Waals surface area contributed by atoms with Crippen LogP contribution in [0.3, 0.4) is 0 Å². The molecule has 1 saturated heterocycles. The number of hydrogen-bond acceptors (Lipinski definition) is 7. The molecule has 4 heterocycles. The van der Waals surface area contributed by atoms with Crippen LogP contribution in [-0.4, -0.2) is 66.4 Å². The van der Waals surface area contributed by atoms with Gasteiger partial charge in [0.1, 0.15) is 23.4 Å². The molecule has 1 amide bonds. The fourth-order valence-corrected chi connectivity index (χ4v) is 4.99. The summed E-state index contributed by atoms with van der Waals surface area (Å²) in [6, 6.07) is 1.27. The molecule has 2 N–H and O–H groups in total. The molecule has 0 spiro atoms. The predicted molar refractivity (Wildman–Crippen MR) is 137 cm³/mol. The van der Waals surface area contributed by atoms with E-state index < -0.39 is 5.82 Å². The zero-order valence-corrected chi connectivity index (χ0v) is 21.0. The minimum Gasteiger partial charge on any atom is -0.383 e. The fraction of sp³-hybridized carbons (Fsp3) is 0.320. The van der Waals surface area contributed by atoms with Gasteiger partial charge in [0, 0.05) is 20.2 Å². The standard InChI is InChI=1S/C25H24ClFN8O2/c1-4-20(36)34-10-14(8-15(34)11-37-3)35-25-21(24(28)29-12-30-25)18(32-35)7-6-16-17(26)9-19-23(22(16)27)31-13-33(19)5-2/h4,9,12-15H,1,5,8,10-11H2,2-3H3,(H2,28,29,30)/t14?,15-/m1/s1. The highest BCUT2D eigenvalue weighted by atomic mass is 35.5. The second-order valence-corrected chi connectivity index (χ2v) is 9.05. The number of carbonyl (C=O) groups is 1. The predicted octanol–water partition coefficient (Wildman–Crippen LogP) is 2.94. The number of nitrogens with zero attached hydrogens (tertiary/aromatic N) is 7. The quantitative estimate of drug-likeness (QED) is 0.316. The lowest BCUT2D eigenvalue weighted by atomic mass is 10.1. The molecule has 0 radical (unpaired) electrons. The Labute approximate surface area is 216 Å². The van der Waals surface area contributed by atoms with Crippen LogP contribution in [0.25, 0.3) is 22.1 Å². The van der Waals surface area contributed by atoms with Crippen molar-refractivity contribution in [3.8, 4) is 11.8 Å². The molecule has 1 fully saturated rings. The van der Waals surface area contributed by atoms with Gasteiger partial charge in [-0.2, -0.15) is 5.10 Å². The average Bonchev–Trinajstić information content (AvgIpc) is 3.59. The number of nitrogen functional groups attached to an aromatic ring is 1. The van der Waals surface area contributed by atoms with Gasteiger partial charge in [0.2, 0.25) is 5.91 Å². The number of methoxy groups -OCH3 is 1. The van der Waals surface area contributed by atoms with E-state index in [0.717, 1.165) is 0 Å². The van der Waals surface area contributed by atoms with Crippen LogP contribution in [0.1, 0.15) is 30.6 Å². The second-order valence-electron chi connectivity index (χ2n) is 8.64. The summed E-state index contributed by atoms with van der Waals surface area (Å²) in [7, 11) is 1.59. The van der Waals surface area contributed by atoms with E-state index in [1.165, 1.54) is 12.4 Å². The SMILES string of the molecule is C=CC(=O)N1CC(n2nc(C#Cc3c(Cl)cc4c(ncn4CC)c3F)c3c(N)ncnc32)C[C@@H]1COC. The Hall–Kier alpha value is -4.01. The molecule has 0 saturated carbocycles. The van der Waals surface area contributed by atoms with Crippen molar-refractivity contribution >= 4 is 45.4 Å². The number of imidazole rings is 1.